The molecule has 2 aromatic rings. The van der Waals surface area contributed by atoms with Crippen molar-refractivity contribution in [3.8, 4) is 0 Å². The van der Waals surface area contributed by atoms with Gasteiger partial charge in [0.2, 0.25) is 0 Å². The first-order valence-corrected chi connectivity index (χ1v) is 8.32. The number of hydrogen-bond acceptors (Lipinski definition) is 4. The summed E-state index contributed by atoms with van der Waals surface area (Å²) in [5, 5.41) is 0. The number of carbonyl (C=O) groups excluding carboxylic acids is 1. The summed E-state index contributed by atoms with van der Waals surface area (Å²) in [6.07, 6.45) is 4.94. The van der Waals surface area contributed by atoms with E-state index in [1.165, 1.54) is 5.56 Å². The third-order valence-corrected chi connectivity index (χ3v) is 4.40. The van der Waals surface area contributed by atoms with E-state index in [0.717, 1.165) is 25.2 Å². The number of nitrogens with zero attached hydrogens (tertiary/aromatic N) is 3. The van der Waals surface area contributed by atoms with Crippen molar-refractivity contribution in [1.82, 2.24) is 14.5 Å². The zero-order valence-electron chi connectivity index (χ0n) is 14.0. The van der Waals surface area contributed by atoms with Gasteiger partial charge in [-0.2, -0.15) is 0 Å². The van der Waals surface area contributed by atoms with Crippen LogP contribution in [-0.4, -0.2) is 46.2 Å². The molecule has 128 valence electrons. The van der Waals surface area contributed by atoms with E-state index < -0.39 is 0 Å². The highest BCUT2D eigenvalue weighted by molar-refractivity contribution is 5.80. The Kier molecular flexibility index (Phi) is 5.27. The molecule has 3 rings (SSSR count). The Morgan fingerprint density at radius 2 is 2.17 bits per heavy atom. The SMILES string of the molecule is CN(Cc1nccn1Cc1ccccc1)C(=O)[C@@H]1CC[C@H](CN)O1. The molecule has 0 spiro atoms. The number of likely N-dealkylation sites (N-methyl/N-ethyl adjacent to an activating group) is 1. The zero-order valence-corrected chi connectivity index (χ0v) is 14.0. The third-order valence-electron chi connectivity index (χ3n) is 4.40. The number of benzene rings is 1. The molecule has 1 aromatic heterocycles. The van der Waals surface area contributed by atoms with E-state index in [0.29, 0.717) is 13.1 Å². The van der Waals surface area contributed by atoms with Gasteiger partial charge in [-0.15, -0.1) is 0 Å². The van der Waals surface area contributed by atoms with E-state index in [1.54, 1.807) is 18.1 Å². The van der Waals surface area contributed by atoms with Crippen molar-refractivity contribution in [3.63, 3.8) is 0 Å². The molecule has 1 aliphatic rings. The molecule has 1 aromatic carbocycles. The third kappa shape index (κ3) is 3.83. The number of hydrogen-bond donors (Lipinski definition) is 1. The molecule has 24 heavy (non-hydrogen) atoms. The summed E-state index contributed by atoms with van der Waals surface area (Å²) in [7, 11) is 1.79. The van der Waals surface area contributed by atoms with Gasteiger partial charge in [0.1, 0.15) is 11.9 Å². The van der Waals surface area contributed by atoms with Gasteiger partial charge >= 0.3 is 0 Å². The lowest BCUT2D eigenvalue weighted by atomic mass is 10.2. The second-order valence-electron chi connectivity index (χ2n) is 6.21. The molecule has 1 fully saturated rings. The molecule has 0 unspecified atom stereocenters. The Morgan fingerprint density at radius 3 is 2.88 bits per heavy atom. The van der Waals surface area contributed by atoms with Crippen LogP contribution in [0.4, 0.5) is 0 Å². The van der Waals surface area contributed by atoms with E-state index in [1.807, 2.05) is 24.4 Å². The van der Waals surface area contributed by atoms with E-state index in [4.69, 9.17) is 10.5 Å². The van der Waals surface area contributed by atoms with Crippen molar-refractivity contribution < 1.29 is 9.53 Å². The molecule has 0 bridgehead atoms. The van der Waals surface area contributed by atoms with Gasteiger partial charge in [-0.1, -0.05) is 30.3 Å². The van der Waals surface area contributed by atoms with E-state index in [9.17, 15) is 4.79 Å². The fourth-order valence-corrected chi connectivity index (χ4v) is 3.01. The summed E-state index contributed by atoms with van der Waals surface area (Å²) in [4.78, 5) is 18.6. The summed E-state index contributed by atoms with van der Waals surface area (Å²) < 4.78 is 7.76. The summed E-state index contributed by atoms with van der Waals surface area (Å²) in [6, 6.07) is 10.2. The van der Waals surface area contributed by atoms with Gasteiger partial charge in [-0.25, -0.2) is 4.98 Å². The summed E-state index contributed by atoms with van der Waals surface area (Å²) in [6.45, 7) is 1.67. The number of aromatic nitrogens is 2. The van der Waals surface area contributed by atoms with Crippen LogP contribution in [-0.2, 0) is 22.6 Å². The van der Waals surface area contributed by atoms with Gasteiger partial charge in [0.25, 0.3) is 5.91 Å². The van der Waals surface area contributed by atoms with Crippen molar-refractivity contribution >= 4 is 5.91 Å². The van der Waals surface area contributed by atoms with Crippen LogP contribution in [0, 0.1) is 0 Å². The van der Waals surface area contributed by atoms with Gasteiger partial charge in [-0.3, -0.25) is 4.79 Å². The normalized spacial score (nSPS) is 20.2. The minimum Gasteiger partial charge on any atom is -0.364 e. The Morgan fingerprint density at radius 1 is 1.38 bits per heavy atom. The molecule has 1 aliphatic heterocycles. The van der Waals surface area contributed by atoms with Crippen LogP contribution in [0.15, 0.2) is 42.7 Å². The van der Waals surface area contributed by atoms with Gasteiger partial charge in [0.15, 0.2) is 0 Å². The molecule has 2 N–H and O–H groups in total. The second kappa shape index (κ2) is 7.59. The topological polar surface area (TPSA) is 73.4 Å². The Hall–Kier alpha value is -2.18. The predicted octanol–water partition coefficient (Wildman–Crippen LogP) is 1.40. The van der Waals surface area contributed by atoms with Crippen LogP contribution in [0.3, 0.4) is 0 Å². The Bertz CT molecular complexity index is 671. The van der Waals surface area contributed by atoms with E-state index in [2.05, 4.69) is 21.7 Å². The maximum atomic E-state index is 12.5. The van der Waals surface area contributed by atoms with Gasteiger partial charge in [0, 0.05) is 32.5 Å². The second-order valence-corrected chi connectivity index (χ2v) is 6.21. The lowest BCUT2D eigenvalue weighted by Gasteiger charge is -2.21. The first-order valence-electron chi connectivity index (χ1n) is 8.32. The minimum absolute atomic E-state index is 0.000195. The molecule has 6 nitrogen and oxygen atoms in total. The summed E-state index contributed by atoms with van der Waals surface area (Å²) in [5.41, 5.74) is 6.82. The molecule has 0 aliphatic carbocycles. The quantitative estimate of drug-likeness (QED) is 0.870. The fourth-order valence-electron chi connectivity index (χ4n) is 3.01. The maximum Gasteiger partial charge on any atom is 0.251 e. The Labute approximate surface area is 142 Å². The van der Waals surface area contributed by atoms with Gasteiger partial charge < -0.3 is 19.9 Å². The minimum atomic E-state index is -0.374. The molecule has 1 saturated heterocycles. The molecular weight excluding hydrogens is 304 g/mol. The van der Waals surface area contributed by atoms with Crippen molar-refractivity contribution in [2.75, 3.05) is 13.6 Å². The zero-order chi connectivity index (χ0) is 16.9. The molecule has 2 heterocycles. The maximum absolute atomic E-state index is 12.5. The Balaban J connectivity index is 1.62. The van der Waals surface area contributed by atoms with Crippen LogP contribution >= 0.6 is 0 Å². The van der Waals surface area contributed by atoms with Crippen LogP contribution in [0.1, 0.15) is 24.2 Å². The van der Waals surface area contributed by atoms with Crippen molar-refractivity contribution in [1.29, 1.82) is 0 Å². The number of amides is 1. The molecule has 1 amide bonds. The molecule has 0 radical (unpaired) electrons. The van der Waals surface area contributed by atoms with Gasteiger partial charge in [-0.05, 0) is 18.4 Å². The molecule has 2 atom stereocenters. The number of carbonyl (C=O) groups is 1. The predicted molar refractivity (Wildman–Crippen MR) is 91.2 cm³/mol. The van der Waals surface area contributed by atoms with E-state index in [-0.39, 0.29) is 18.1 Å². The average molecular weight is 328 g/mol. The van der Waals surface area contributed by atoms with Gasteiger partial charge in [0.05, 0.1) is 12.6 Å². The highest BCUT2D eigenvalue weighted by Gasteiger charge is 2.32. The number of imidazole rings is 1. The van der Waals surface area contributed by atoms with E-state index >= 15 is 0 Å². The highest BCUT2D eigenvalue weighted by Crippen LogP contribution is 2.21. The lowest BCUT2D eigenvalue weighted by molar-refractivity contribution is -0.142. The van der Waals surface area contributed by atoms with Crippen LogP contribution in [0.5, 0.6) is 0 Å². The largest absolute Gasteiger partial charge is 0.364 e. The molecular formula is C18H24N4O2. The van der Waals surface area contributed by atoms with Crippen LogP contribution in [0.25, 0.3) is 0 Å². The van der Waals surface area contributed by atoms with Crippen molar-refractivity contribution in [2.24, 2.45) is 5.73 Å². The fraction of sp³-hybridized carbons (Fsp3) is 0.444. The standard InChI is InChI=1S/C18H24N4O2/c1-21(18(23)16-8-7-15(11-19)24-16)13-17-20-9-10-22(17)12-14-5-3-2-4-6-14/h2-6,9-10,15-16H,7-8,11-13,19H2,1H3/t15-,16+/m1/s1. The van der Waals surface area contributed by atoms with Crippen LogP contribution < -0.4 is 5.73 Å². The highest BCUT2D eigenvalue weighted by atomic mass is 16.5. The number of rotatable bonds is 6. The van der Waals surface area contributed by atoms with Crippen molar-refractivity contribution in [3.05, 3.63) is 54.1 Å². The average Bonchev–Trinajstić information content (AvgIpc) is 3.25. The van der Waals surface area contributed by atoms with Crippen LogP contribution in [0.2, 0.25) is 0 Å². The first-order chi connectivity index (χ1) is 11.7. The first kappa shape index (κ1) is 16.7. The lowest BCUT2D eigenvalue weighted by Crippen LogP contribution is -2.37. The monoisotopic (exact) mass is 328 g/mol. The van der Waals surface area contributed by atoms with Crippen molar-refractivity contribution in [2.45, 2.75) is 38.1 Å². The number of nitrogens with two attached hydrogens (primary N) is 1. The molecule has 0 saturated carbocycles. The summed E-state index contributed by atoms with van der Waals surface area (Å²) in [5.74, 6) is 0.864. The number of ether oxygens (including phenoxy) is 1. The summed E-state index contributed by atoms with van der Waals surface area (Å²) >= 11 is 0. The molecule has 6 heteroatoms. The smallest absolute Gasteiger partial charge is 0.251 e.